The van der Waals surface area contributed by atoms with E-state index in [4.69, 9.17) is 11.6 Å². The highest BCUT2D eigenvalue weighted by atomic mass is 35.5. The molecule has 27 heavy (non-hydrogen) atoms. The lowest BCUT2D eigenvalue weighted by Crippen LogP contribution is -2.35. The zero-order chi connectivity index (χ0) is 19.4. The predicted octanol–water partition coefficient (Wildman–Crippen LogP) is 4.10. The summed E-state index contributed by atoms with van der Waals surface area (Å²) in [5, 5.41) is 12.4. The number of aliphatic hydroxyl groups is 1. The number of aliphatic hydroxyl groups excluding tert-OH is 1. The van der Waals surface area contributed by atoms with Crippen molar-refractivity contribution in [3.63, 3.8) is 0 Å². The topological polar surface area (TPSA) is 61.3 Å². The highest BCUT2D eigenvalue weighted by Crippen LogP contribution is 2.32. The van der Waals surface area contributed by atoms with E-state index in [0.717, 1.165) is 12.8 Å². The molecule has 0 amide bonds. The normalized spacial score (nSPS) is 16.5. The second kappa shape index (κ2) is 8.41. The predicted molar refractivity (Wildman–Crippen MR) is 96.9 cm³/mol. The third-order valence-electron chi connectivity index (χ3n) is 4.57. The number of rotatable bonds is 5. The number of piperidine rings is 1. The highest BCUT2D eigenvalue weighted by Gasteiger charge is 2.36. The lowest BCUT2D eigenvalue weighted by molar-refractivity contribution is -0.142. The quantitative estimate of drug-likeness (QED) is 0.791. The molecule has 5 nitrogen and oxygen atoms in total. The van der Waals surface area contributed by atoms with E-state index in [0.29, 0.717) is 23.8 Å². The van der Waals surface area contributed by atoms with Crippen molar-refractivity contribution < 1.29 is 18.3 Å². The van der Waals surface area contributed by atoms with Gasteiger partial charge in [-0.25, -0.2) is 9.97 Å². The molecule has 1 aromatic heterocycles. The zero-order valence-electron chi connectivity index (χ0n) is 14.5. The molecule has 2 aromatic rings. The summed E-state index contributed by atoms with van der Waals surface area (Å²) in [6.07, 6.45) is -1.81. The molecule has 0 atom stereocenters. The van der Waals surface area contributed by atoms with Gasteiger partial charge in [-0.2, -0.15) is 13.2 Å². The van der Waals surface area contributed by atoms with Crippen molar-refractivity contribution in [2.24, 2.45) is 5.92 Å². The third-order valence-corrected chi connectivity index (χ3v) is 4.81. The molecule has 1 fully saturated rings. The van der Waals surface area contributed by atoms with Crippen LogP contribution in [0.2, 0.25) is 5.02 Å². The van der Waals surface area contributed by atoms with Crippen molar-refractivity contribution in [2.45, 2.75) is 25.6 Å². The summed E-state index contributed by atoms with van der Waals surface area (Å²) in [6, 6.07) is 6.59. The number of halogens is 4. The van der Waals surface area contributed by atoms with Crippen molar-refractivity contribution in [1.29, 1.82) is 0 Å². The van der Waals surface area contributed by atoms with Crippen LogP contribution in [0.15, 0.2) is 30.5 Å². The monoisotopic (exact) mass is 400 g/mol. The first-order chi connectivity index (χ1) is 12.8. The second-order valence-electron chi connectivity index (χ2n) is 6.60. The number of alkyl halides is 3. The first-order valence-corrected chi connectivity index (χ1v) is 9.02. The van der Waals surface area contributed by atoms with Gasteiger partial charge in [-0.3, -0.25) is 4.90 Å². The fourth-order valence-electron chi connectivity index (χ4n) is 3.09. The van der Waals surface area contributed by atoms with Crippen molar-refractivity contribution in [3.8, 4) is 0 Å². The molecule has 146 valence electrons. The van der Waals surface area contributed by atoms with E-state index in [1.807, 2.05) is 4.90 Å². The second-order valence-corrected chi connectivity index (χ2v) is 7.04. The molecule has 0 spiro atoms. The van der Waals surface area contributed by atoms with Gasteiger partial charge in [0.1, 0.15) is 0 Å². The van der Waals surface area contributed by atoms with E-state index in [-0.39, 0.29) is 30.6 Å². The molecule has 1 aliphatic heterocycles. The number of aromatic nitrogens is 2. The minimum atomic E-state index is -4.58. The van der Waals surface area contributed by atoms with E-state index >= 15 is 0 Å². The van der Waals surface area contributed by atoms with Crippen LogP contribution in [0.25, 0.3) is 0 Å². The molecule has 0 unspecified atom stereocenters. The molecular weight excluding hydrogens is 381 g/mol. The Balaban J connectivity index is 1.78. The van der Waals surface area contributed by atoms with Gasteiger partial charge in [-0.15, -0.1) is 0 Å². The van der Waals surface area contributed by atoms with Gasteiger partial charge >= 0.3 is 6.18 Å². The van der Waals surface area contributed by atoms with Crippen molar-refractivity contribution in [2.75, 3.05) is 25.0 Å². The smallest absolute Gasteiger partial charge is 0.396 e. The Labute approximate surface area is 160 Å². The molecule has 0 saturated carbocycles. The molecule has 9 heteroatoms. The van der Waals surface area contributed by atoms with Crippen LogP contribution >= 0.6 is 11.6 Å². The van der Waals surface area contributed by atoms with Crippen molar-refractivity contribution in [3.05, 3.63) is 46.7 Å². The summed E-state index contributed by atoms with van der Waals surface area (Å²) < 4.78 is 40.5. The number of likely N-dealkylation sites (tertiary alicyclic amines) is 1. The first kappa shape index (κ1) is 19.9. The minimum Gasteiger partial charge on any atom is -0.396 e. The van der Waals surface area contributed by atoms with Crippen molar-refractivity contribution >= 4 is 23.2 Å². The standard InChI is InChI=1S/C18H20ClF3N4O/c19-14-2-1-3-15(8-14)24-17-23-9-13(16(25-17)18(20,21)22)10-26-6-4-12(11-27)5-7-26/h1-3,8-9,12,27H,4-7,10-11H2,(H,23,24,25). The molecule has 0 bridgehead atoms. The van der Waals surface area contributed by atoms with Gasteiger partial charge in [0.2, 0.25) is 5.95 Å². The molecule has 2 heterocycles. The molecule has 0 aliphatic carbocycles. The van der Waals surface area contributed by atoms with E-state index in [2.05, 4.69) is 15.3 Å². The van der Waals surface area contributed by atoms with Crippen molar-refractivity contribution in [1.82, 2.24) is 14.9 Å². The van der Waals surface area contributed by atoms with Gasteiger partial charge in [-0.1, -0.05) is 17.7 Å². The lowest BCUT2D eigenvalue weighted by Gasteiger charge is -2.31. The average Bonchev–Trinajstić information content (AvgIpc) is 2.63. The van der Waals surface area contributed by atoms with Gasteiger partial charge in [-0.05, 0) is 50.0 Å². The fraction of sp³-hybridized carbons (Fsp3) is 0.444. The number of nitrogens with zero attached hydrogens (tertiary/aromatic N) is 3. The number of nitrogens with one attached hydrogen (secondary N) is 1. The summed E-state index contributed by atoms with van der Waals surface area (Å²) >= 11 is 5.89. The highest BCUT2D eigenvalue weighted by molar-refractivity contribution is 6.30. The van der Waals surface area contributed by atoms with Gasteiger partial charge < -0.3 is 10.4 Å². The fourth-order valence-corrected chi connectivity index (χ4v) is 3.28. The van der Waals surface area contributed by atoms with Gasteiger partial charge in [0.25, 0.3) is 0 Å². The van der Waals surface area contributed by atoms with Crippen LogP contribution < -0.4 is 5.32 Å². The Morgan fingerprint density at radius 3 is 2.63 bits per heavy atom. The average molecular weight is 401 g/mol. The Morgan fingerprint density at radius 2 is 2.00 bits per heavy atom. The molecule has 1 aliphatic rings. The van der Waals surface area contributed by atoms with E-state index in [1.54, 1.807) is 24.3 Å². The summed E-state index contributed by atoms with van der Waals surface area (Å²) in [7, 11) is 0. The Hall–Kier alpha value is -1.90. The Bertz CT molecular complexity index is 779. The van der Waals surface area contributed by atoms with Gasteiger partial charge in [0.05, 0.1) is 0 Å². The van der Waals surface area contributed by atoms with Crippen LogP contribution in [-0.2, 0) is 12.7 Å². The summed E-state index contributed by atoms with van der Waals surface area (Å²) in [5.41, 5.74) is -0.387. The molecular formula is C18H20ClF3N4O. The van der Waals surface area contributed by atoms with E-state index in [9.17, 15) is 18.3 Å². The van der Waals surface area contributed by atoms with Crippen LogP contribution in [-0.4, -0.2) is 39.7 Å². The van der Waals surface area contributed by atoms with Crippen LogP contribution in [0.5, 0.6) is 0 Å². The van der Waals surface area contributed by atoms with Crippen LogP contribution in [0.4, 0.5) is 24.8 Å². The van der Waals surface area contributed by atoms with Crippen LogP contribution in [0.3, 0.4) is 0 Å². The molecule has 0 radical (unpaired) electrons. The number of hydrogen-bond donors (Lipinski definition) is 2. The lowest BCUT2D eigenvalue weighted by atomic mass is 9.97. The molecule has 2 N–H and O–H groups in total. The van der Waals surface area contributed by atoms with Gasteiger partial charge in [0.15, 0.2) is 5.69 Å². The van der Waals surface area contributed by atoms with E-state index in [1.165, 1.54) is 6.20 Å². The third kappa shape index (κ3) is 5.31. The summed E-state index contributed by atoms with van der Waals surface area (Å²) in [4.78, 5) is 9.69. The number of benzene rings is 1. The summed E-state index contributed by atoms with van der Waals surface area (Å²) in [5.74, 6) is 0.0937. The maximum atomic E-state index is 13.5. The molecule has 1 aromatic carbocycles. The van der Waals surface area contributed by atoms with Crippen LogP contribution in [0.1, 0.15) is 24.1 Å². The number of anilines is 2. The van der Waals surface area contributed by atoms with Gasteiger partial charge in [0, 0.05) is 35.6 Å². The van der Waals surface area contributed by atoms with E-state index < -0.39 is 11.9 Å². The number of hydrogen-bond acceptors (Lipinski definition) is 5. The molecule has 3 rings (SSSR count). The molecule has 1 saturated heterocycles. The maximum absolute atomic E-state index is 13.5. The Morgan fingerprint density at radius 1 is 1.26 bits per heavy atom. The largest absolute Gasteiger partial charge is 0.433 e. The minimum absolute atomic E-state index is 0.0431. The first-order valence-electron chi connectivity index (χ1n) is 8.64. The van der Waals surface area contributed by atoms with Crippen LogP contribution in [0, 0.1) is 5.92 Å². The Kier molecular flexibility index (Phi) is 6.18. The zero-order valence-corrected chi connectivity index (χ0v) is 15.3. The SMILES string of the molecule is OCC1CCN(Cc2cnc(Nc3cccc(Cl)c3)nc2C(F)(F)F)CC1. The summed E-state index contributed by atoms with van der Waals surface area (Å²) in [6.45, 7) is 1.54. The maximum Gasteiger partial charge on any atom is 0.433 e.